The molecule has 0 unspecified atom stereocenters. The number of thiocarbonyl (C=S) groups is 1. The van der Waals surface area contributed by atoms with Gasteiger partial charge in [-0.3, -0.25) is 0 Å². The molecule has 0 amide bonds. The molecule has 0 saturated heterocycles. The second-order valence-corrected chi connectivity index (χ2v) is 3.14. The monoisotopic (exact) mass is 175 g/mol. The number of aryl methyl sites for hydroxylation is 1. The van der Waals surface area contributed by atoms with E-state index in [1.54, 1.807) is 5.37 Å². The lowest BCUT2D eigenvalue weighted by Crippen LogP contribution is -2.16. The lowest BCUT2D eigenvalue weighted by atomic mass is 9.65. The van der Waals surface area contributed by atoms with Crippen molar-refractivity contribution in [3.8, 4) is 0 Å². The third kappa shape index (κ3) is 2.78. The zero-order valence-electron chi connectivity index (χ0n) is 7.29. The fourth-order valence-electron chi connectivity index (χ4n) is 1.12. The van der Waals surface area contributed by atoms with Gasteiger partial charge in [-0.15, -0.1) is 0 Å². The average Bonchev–Trinajstić information content (AvgIpc) is 2.09. The maximum absolute atomic E-state index is 4.76. The van der Waals surface area contributed by atoms with E-state index in [1.165, 1.54) is 11.0 Å². The third-order valence-corrected chi connectivity index (χ3v) is 2.07. The molecular formula is C10H12BS. The van der Waals surface area contributed by atoms with E-state index in [1.807, 2.05) is 0 Å². The van der Waals surface area contributed by atoms with Gasteiger partial charge in [-0.05, 0) is 18.7 Å². The SMILES string of the molecule is Cc1ccccc1[B]CCC=S. The minimum Gasteiger partial charge on any atom is -0.0935 e. The Morgan fingerprint density at radius 1 is 1.42 bits per heavy atom. The summed E-state index contributed by atoms with van der Waals surface area (Å²) in [5.74, 6) is 0. The summed E-state index contributed by atoms with van der Waals surface area (Å²) >= 11 is 4.76. The first kappa shape index (κ1) is 9.46. The van der Waals surface area contributed by atoms with E-state index in [0.717, 1.165) is 12.7 Å². The van der Waals surface area contributed by atoms with Gasteiger partial charge in [0, 0.05) is 0 Å². The highest BCUT2D eigenvalue weighted by atomic mass is 32.1. The first-order valence-corrected chi connectivity index (χ1v) is 4.64. The Hall–Kier alpha value is -0.625. The highest BCUT2D eigenvalue weighted by Crippen LogP contribution is 1.94. The summed E-state index contributed by atoms with van der Waals surface area (Å²) in [6.45, 7) is 2.13. The molecule has 0 bridgehead atoms. The fourth-order valence-corrected chi connectivity index (χ4v) is 1.26. The van der Waals surface area contributed by atoms with Crippen molar-refractivity contribution in [1.82, 2.24) is 0 Å². The molecule has 0 aliphatic rings. The molecule has 0 atom stereocenters. The van der Waals surface area contributed by atoms with Crippen molar-refractivity contribution in [1.29, 1.82) is 0 Å². The van der Waals surface area contributed by atoms with Crippen molar-refractivity contribution in [2.24, 2.45) is 0 Å². The predicted molar refractivity (Wildman–Crippen MR) is 59.6 cm³/mol. The van der Waals surface area contributed by atoms with Gasteiger partial charge < -0.3 is 0 Å². The second-order valence-electron chi connectivity index (χ2n) is 2.80. The minimum absolute atomic E-state index is 0.990. The molecule has 2 heteroatoms. The van der Waals surface area contributed by atoms with Gasteiger partial charge >= 0.3 is 0 Å². The van der Waals surface area contributed by atoms with Crippen molar-refractivity contribution < 1.29 is 0 Å². The van der Waals surface area contributed by atoms with Crippen molar-refractivity contribution in [2.75, 3.05) is 0 Å². The van der Waals surface area contributed by atoms with Crippen LogP contribution in [0, 0.1) is 6.92 Å². The molecule has 0 aromatic heterocycles. The Morgan fingerprint density at radius 2 is 2.17 bits per heavy atom. The Balaban J connectivity index is 2.51. The quantitative estimate of drug-likeness (QED) is 0.383. The zero-order chi connectivity index (χ0) is 8.81. The summed E-state index contributed by atoms with van der Waals surface area (Å²) in [4.78, 5) is 0. The van der Waals surface area contributed by atoms with E-state index < -0.39 is 0 Å². The largest absolute Gasteiger partial charge is 0.152 e. The van der Waals surface area contributed by atoms with E-state index in [0.29, 0.717) is 0 Å². The standard InChI is InChI=1S/C10H12BS/c1-9-5-2-3-6-10(9)11-7-4-8-12/h2-3,5-6,8H,4,7H2,1H3. The topological polar surface area (TPSA) is 0 Å². The maximum atomic E-state index is 4.76. The minimum atomic E-state index is 0.990. The first-order valence-electron chi connectivity index (χ1n) is 4.17. The van der Waals surface area contributed by atoms with E-state index in [-0.39, 0.29) is 0 Å². The Morgan fingerprint density at radius 3 is 2.83 bits per heavy atom. The van der Waals surface area contributed by atoms with E-state index in [2.05, 4.69) is 38.5 Å². The van der Waals surface area contributed by atoms with Crippen LogP contribution in [-0.2, 0) is 0 Å². The van der Waals surface area contributed by atoms with Crippen LogP contribution in [0.25, 0.3) is 0 Å². The van der Waals surface area contributed by atoms with Crippen molar-refractivity contribution in [3.63, 3.8) is 0 Å². The Bertz CT molecular complexity index is 258. The summed E-state index contributed by atoms with van der Waals surface area (Å²) in [6, 6.07) is 8.39. The molecule has 0 spiro atoms. The molecule has 0 aliphatic heterocycles. The number of benzene rings is 1. The van der Waals surface area contributed by atoms with Gasteiger partial charge in [-0.1, -0.05) is 53.8 Å². The van der Waals surface area contributed by atoms with Crippen LogP contribution in [0.4, 0.5) is 0 Å². The molecule has 0 fully saturated rings. The van der Waals surface area contributed by atoms with Gasteiger partial charge in [0.25, 0.3) is 0 Å². The van der Waals surface area contributed by atoms with Crippen molar-refractivity contribution in [3.05, 3.63) is 29.8 Å². The normalized spacial score (nSPS) is 9.42. The van der Waals surface area contributed by atoms with E-state index in [9.17, 15) is 0 Å². The van der Waals surface area contributed by atoms with Crippen LogP contribution in [0.3, 0.4) is 0 Å². The van der Waals surface area contributed by atoms with Crippen LogP contribution < -0.4 is 5.46 Å². The van der Waals surface area contributed by atoms with Crippen molar-refractivity contribution in [2.45, 2.75) is 19.7 Å². The van der Waals surface area contributed by atoms with Crippen LogP contribution in [0.1, 0.15) is 12.0 Å². The third-order valence-electron chi connectivity index (χ3n) is 1.84. The molecule has 1 radical (unpaired) electrons. The highest BCUT2D eigenvalue weighted by molar-refractivity contribution is 7.78. The molecule has 1 rings (SSSR count). The van der Waals surface area contributed by atoms with Gasteiger partial charge in [0.1, 0.15) is 0 Å². The van der Waals surface area contributed by atoms with Crippen LogP contribution in [0.2, 0.25) is 6.32 Å². The lowest BCUT2D eigenvalue weighted by molar-refractivity contribution is 1.32. The van der Waals surface area contributed by atoms with Gasteiger partial charge in [-0.2, -0.15) is 0 Å². The molecule has 61 valence electrons. The molecule has 0 saturated carbocycles. The van der Waals surface area contributed by atoms with E-state index >= 15 is 0 Å². The van der Waals surface area contributed by atoms with Crippen LogP contribution in [-0.4, -0.2) is 12.6 Å². The van der Waals surface area contributed by atoms with Crippen LogP contribution >= 0.6 is 12.2 Å². The van der Waals surface area contributed by atoms with E-state index in [4.69, 9.17) is 12.2 Å². The Kier molecular flexibility index (Phi) is 4.02. The summed E-state index contributed by atoms with van der Waals surface area (Å²) < 4.78 is 0. The summed E-state index contributed by atoms with van der Waals surface area (Å²) in [6.07, 6.45) is 2.04. The number of hydrogen-bond acceptors (Lipinski definition) is 1. The van der Waals surface area contributed by atoms with Gasteiger partial charge in [-0.25, -0.2) is 0 Å². The van der Waals surface area contributed by atoms with Gasteiger partial charge in [0.15, 0.2) is 7.28 Å². The highest BCUT2D eigenvalue weighted by Gasteiger charge is 1.96. The molecule has 1 aromatic carbocycles. The zero-order valence-corrected chi connectivity index (χ0v) is 8.10. The molecule has 1 aromatic rings. The molecular weight excluding hydrogens is 163 g/mol. The average molecular weight is 175 g/mol. The molecule has 0 N–H and O–H groups in total. The van der Waals surface area contributed by atoms with Gasteiger partial charge in [0.05, 0.1) is 0 Å². The molecule has 0 nitrogen and oxygen atoms in total. The molecule has 0 aliphatic carbocycles. The second kappa shape index (κ2) is 5.10. The Labute approximate surface area is 80.2 Å². The molecule has 12 heavy (non-hydrogen) atoms. The fraction of sp³-hybridized carbons (Fsp3) is 0.300. The summed E-state index contributed by atoms with van der Waals surface area (Å²) in [5, 5.41) is 1.79. The smallest absolute Gasteiger partial charge is 0.0935 e. The van der Waals surface area contributed by atoms with Crippen molar-refractivity contribution >= 4 is 30.3 Å². The molecule has 0 heterocycles. The number of rotatable bonds is 4. The lowest BCUT2D eigenvalue weighted by Gasteiger charge is -2.01. The predicted octanol–water partition coefficient (Wildman–Crippen LogP) is 2.13. The van der Waals surface area contributed by atoms with Crippen LogP contribution in [0.15, 0.2) is 24.3 Å². The number of hydrogen-bond donors (Lipinski definition) is 0. The summed E-state index contributed by atoms with van der Waals surface area (Å²) in [7, 11) is 2.23. The van der Waals surface area contributed by atoms with Crippen LogP contribution in [0.5, 0.6) is 0 Å². The summed E-state index contributed by atoms with van der Waals surface area (Å²) in [5.41, 5.74) is 2.66. The first-order chi connectivity index (χ1) is 5.84. The maximum Gasteiger partial charge on any atom is 0.152 e. The van der Waals surface area contributed by atoms with Gasteiger partial charge in [0.2, 0.25) is 0 Å².